The highest BCUT2D eigenvalue weighted by molar-refractivity contribution is 5.99. The standard InChI is InChI=1S/C57H59N7O5.C2H6/c1-15-38(16-2)65-51-60-52(66-39(17-3)28-41-32(4)22-26-43-49(41)58-30-56(68-43)47-35(7)20-18-33(5)45(47)54(9,10)63(56)13)62-53(61-51)67-40-25-23-37-24-27-44-50(42(37)29-40)59-31-57(69-44)48-36(8)21-19-34(6)46(48)55(11,12)64(57)14;1-2/h15-16,18-31H,1,17H2,2-14H3;1-2H3/b38-16+,39-28+;. The maximum Gasteiger partial charge on any atom is 0.331 e. The molecule has 71 heavy (non-hydrogen) atoms. The van der Waals surface area contributed by atoms with Gasteiger partial charge in [0.2, 0.25) is 11.4 Å². The second-order valence-corrected chi connectivity index (χ2v) is 19.5. The van der Waals surface area contributed by atoms with Crippen molar-refractivity contribution in [1.82, 2.24) is 24.8 Å². The Labute approximate surface area is 418 Å². The quantitative estimate of drug-likeness (QED) is 0.102. The van der Waals surface area contributed by atoms with Gasteiger partial charge in [0.25, 0.3) is 0 Å². The molecule has 0 radical (unpaired) electrons. The molecule has 4 aliphatic rings. The lowest BCUT2D eigenvalue weighted by Gasteiger charge is -2.41. The number of benzene rings is 5. The van der Waals surface area contributed by atoms with E-state index in [1.165, 1.54) is 22.3 Å². The third-order valence-corrected chi connectivity index (χ3v) is 14.8. The highest BCUT2D eigenvalue weighted by Gasteiger charge is 2.58. The van der Waals surface area contributed by atoms with E-state index in [0.29, 0.717) is 46.6 Å². The van der Waals surface area contributed by atoms with Crippen LogP contribution in [0.4, 0.5) is 11.4 Å². The molecule has 2 unspecified atom stereocenters. The highest BCUT2D eigenvalue weighted by atomic mass is 16.5. The van der Waals surface area contributed by atoms with Gasteiger partial charge in [-0.1, -0.05) is 69.8 Å². The van der Waals surface area contributed by atoms with Crippen molar-refractivity contribution in [2.45, 2.75) is 119 Å². The molecular weight excluding hydrogens is 887 g/mol. The molecule has 0 bridgehead atoms. The molecule has 10 rings (SSSR count). The Morgan fingerprint density at radius 2 is 1.11 bits per heavy atom. The highest BCUT2D eigenvalue weighted by Crippen LogP contribution is 2.56. The topological polar surface area (TPSA) is 116 Å². The van der Waals surface area contributed by atoms with Gasteiger partial charge in [0.1, 0.15) is 40.1 Å². The van der Waals surface area contributed by atoms with Crippen molar-refractivity contribution in [3.8, 4) is 35.3 Å². The van der Waals surface area contributed by atoms with E-state index in [4.69, 9.17) is 33.7 Å². The molecule has 12 heteroatoms. The summed E-state index contributed by atoms with van der Waals surface area (Å²) in [4.78, 5) is 28.7. The van der Waals surface area contributed by atoms with Crippen molar-refractivity contribution in [1.29, 1.82) is 0 Å². The van der Waals surface area contributed by atoms with E-state index in [1.54, 1.807) is 12.2 Å². The Morgan fingerprint density at radius 1 is 0.634 bits per heavy atom. The van der Waals surface area contributed by atoms with Crippen molar-refractivity contribution >= 4 is 40.7 Å². The second kappa shape index (κ2) is 17.9. The van der Waals surface area contributed by atoms with Crippen LogP contribution in [0.25, 0.3) is 16.8 Å². The van der Waals surface area contributed by atoms with Gasteiger partial charge in [-0.2, -0.15) is 0 Å². The normalized spacial score (nSPS) is 20.4. The maximum atomic E-state index is 7.09. The number of aryl methyl sites for hydroxylation is 5. The van der Waals surface area contributed by atoms with E-state index in [2.05, 4.69) is 131 Å². The van der Waals surface area contributed by atoms with E-state index < -0.39 is 11.4 Å². The van der Waals surface area contributed by atoms with E-state index in [0.717, 1.165) is 44.2 Å². The Kier molecular flexibility index (Phi) is 12.3. The third kappa shape index (κ3) is 7.70. The Balaban J connectivity index is 0.00000308. The summed E-state index contributed by atoms with van der Waals surface area (Å²) in [6.45, 7) is 31.3. The lowest BCUT2D eigenvalue weighted by Crippen LogP contribution is -2.52. The summed E-state index contributed by atoms with van der Waals surface area (Å²) >= 11 is 0. The van der Waals surface area contributed by atoms with Gasteiger partial charge in [-0.05, 0) is 170 Å². The minimum absolute atomic E-state index is 0.0167. The molecule has 2 spiro atoms. The summed E-state index contributed by atoms with van der Waals surface area (Å²) in [5.41, 5.74) is 10.5. The van der Waals surface area contributed by atoms with Crippen molar-refractivity contribution in [2.24, 2.45) is 9.98 Å². The van der Waals surface area contributed by atoms with Crippen molar-refractivity contribution < 1.29 is 23.7 Å². The minimum Gasteiger partial charge on any atom is -0.461 e. The molecule has 0 amide bonds. The first-order valence-electron chi connectivity index (χ1n) is 24.5. The monoisotopic (exact) mass is 952 g/mol. The van der Waals surface area contributed by atoms with Crippen molar-refractivity contribution in [3.63, 3.8) is 0 Å². The van der Waals surface area contributed by atoms with E-state index in [9.17, 15) is 0 Å². The Morgan fingerprint density at radius 3 is 1.66 bits per heavy atom. The average Bonchev–Trinajstić information content (AvgIpc) is 3.64. The van der Waals surface area contributed by atoms with Crippen LogP contribution >= 0.6 is 0 Å². The first-order valence-corrected chi connectivity index (χ1v) is 24.5. The van der Waals surface area contributed by atoms with Gasteiger partial charge in [-0.25, -0.2) is 0 Å². The molecular formula is C59H65N7O5. The fourth-order valence-electron chi connectivity index (χ4n) is 10.9. The molecule has 6 aromatic rings. The first-order chi connectivity index (χ1) is 33.9. The summed E-state index contributed by atoms with van der Waals surface area (Å²) in [6.07, 6.45) is 9.70. The SMILES string of the molecule is C=C/C(=C\C)Oc1nc(O/C(=C/c2c(C)ccc3c2N=CC2(O3)c3c(C)ccc(C)c3C(C)(C)N2C)CC)nc(Oc2ccc3ccc4c(c3c2)N=CC2(O4)c3c(C)ccc(C)c3C(C)(C)N2C)n1.CC. The van der Waals surface area contributed by atoms with E-state index in [1.807, 2.05) is 89.5 Å². The van der Waals surface area contributed by atoms with Crippen LogP contribution in [0.15, 0.2) is 107 Å². The van der Waals surface area contributed by atoms with Crippen LogP contribution in [0.2, 0.25) is 0 Å². The number of fused-ring (bicyclic) bond motifs is 8. The summed E-state index contributed by atoms with van der Waals surface area (Å²) in [6, 6.07) is 22.5. The molecule has 4 aliphatic heterocycles. The number of rotatable bonds is 9. The van der Waals surface area contributed by atoms with Crippen LogP contribution in [0.3, 0.4) is 0 Å². The summed E-state index contributed by atoms with van der Waals surface area (Å²) in [5, 5.41) is 1.81. The predicted molar refractivity (Wildman–Crippen MR) is 284 cm³/mol. The largest absolute Gasteiger partial charge is 0.461 e. The van der Waals surface area contributed by atoms with Gasteiger partial charge < -0.3 is 23.7 Å². The second-order valence-electron chi connectivity index (χ2n) is 19.5. The lowest BCUT2D eigenvalue weighted by atomic mass is 9.86. The molecule has 0 aliphatic carbocycles. The molecule has 2 atom stereocenters. The van der Waals surface area contributed by atoms with Crippen molar-refractivity contribution in [2.75, 3.05) is 14.1 Å². The van der Waals surface area contributed by atoms with Crippen LogP contribution in [-0.4, -0.2) is 51.3 Å². The zero-order valence-electron chi connectivity index (χ0n) is 43.8. The van der Waals surface area contributed by atoms with Gasteiger partial charge in [0.15, 0.2) is 0 Å². The molecule has 0 saturated heterocycles. The van der Waals surface area contributed by atoms with E-state index >= 15 is 0 Å². The summed E-state index contributed by atoms with van der Waals surface area (Å²) < 4.78 is 33.1. The maximum absolute atomic E-state index is 7.09. The molecule has 0 fully saturated rings. The average molecular weight is 952 g/mol. The van der Waals surface area contributed by atoms with Gasteiger partial charge in [0, 0.05) is 39.6 Å². The number of allylic oxidation sites excluding steroid dienone is 3. The van der Waals surface area contributed by atoms with Gasteiger partial charge >= 0.3 is 18.0 Å². The third-order valence-electron chi connectivity index (χ3n) is 14.8. The fraction of sp³-hybridized carbons (Fsp3) is 0.339. The first kappa shape index (κ1) is 48.9. The predicted octanol–water partition coefficient (Wildman–Crippen LogP) is 13.9. The molecule has 0 N–H and O–H groups in total. The van der Waals surface area contributed by atoms with E-state index in [-0.39, 0.29) is 29.1 Å². The Bertz CT molecular complexity index is 3300. The number of hydrogen-bond acceptors (Lipinski definition) is 12. The Hall–Kier alpha value is -7.15. The smallest absolute Gasteiger partial charge is 0.331 e. The fourth-order valence-corrected chi connectivity index (χ4v) is 10.9. The lowest BCUT2D eigenvalue weighted by molar-refractivity contribution is -0.0480. The molecule has 5 aromatic carbocycles. The summed E-state index contributed by atoms with van der Waals surface area (Å²) in [5.74, 6) is 2.85. The van der Waals surface area contributed by atoms with Crippen molar-refractivity contribution in [3.05, 3.63) is 153 Å². The number of aromatic nitrogens is 3. The van der Waals surface area contributed by atoms with Gasteiger partial charge in [-0.3, -0.25) is 19.8 Å². The van der Waals surface area contributed by atoms with Gasteiger partial charge in [-0.15, -0.1) is 15.0 Å². The van der Waals surface area contributed by atoms with Crippen LogP contribution in [0.1, 0.15) is 117 Å². The number of ether oxygens (including phenoxy) is 5. The molecule has 0 saturated carbocycles. The summed E-state index contributed by atoms with van der Waals surface area (Å²) in [7, 11) is 4.21. The number of nitrogens with zero attached hydrogens (tertiary/aromatic N) is 7. The zero-order valence-corrected chi connectivity index (χ0v) is 43.8. The van der Waals surface area contributed by atoms with Crippen LogP contribution in [-0.2, 0) is 22.5 Å². The number of aliphatic imine (C=N–C) groups is 2. The zero-order chi connectivity index (χ0) is 50.9. The van der Waals surface area contributed by atoms with Gasteiger partial charge in [0.05, 0.1) is 12.4 Å². The number of hydrogen-bond donors (Lipinski definition) is 0. The van der Waals surface area contributed by atoms with Crippen LogP contribution in [0.5, 0.6) is 35.3 Å². The molecule has 1 aromatic heterocycles. The van der Waals surface area contributed by atoms with Crippen LogP contribution in [0, 0.1) is 34.6 Å². The molecule has 366 valence electrons. The molecule has 12 nitrogen and oxygen atoms in total. The minimum atomic E-state index is -0.874. The molecule has 5 heterocycles. The van der Waals surface area contributed by atoms with Crippen LogP contribution < -0.4 is 23.7 Å².